The summed E-state index contributed by atoms with van der Waals surface area (Å²) in [5, 5.41) is 16.3. The van der Waals surface area contributed by atoms with E-state index in [-0.39, 0.29) is 17.1 Å². The van der Waals surface area contributed by atoms with Gasteiger partial charge in [0.1, 0.15) is 11.5 Å². The van der Waals surface area contributed by atoms with E-state index >= 15 is 0 Å². The molecule has 1 amide bonds. The SMILES string of the molecule is N=Cc1cc(Br)cc(Br)c1O.NC(=O)c1cccc(OC(F)F)c1. The number of halogens is 4. The van der Waals surface area contributed by atoms with E-state index in [2.05, 4.69) is 36.6 Å². The van der Waals surface area contributed by atoms with Crippen LogP contribution in [0.5, 0.6) is 11.5 Å². The molecule has 2 rings (SSSR count). The lowest BCUT2D eigenvalue weighted by atomic mass is 10.2. The molecule has 0 spiro atoms. The van der Waals surface area contributed by atoms with Crippen molar-refractivity contribution in [2.24, 2.45) is 5.73 Å². The molecular formula is C15H12Br2F2N2O3. The van der Waals surface area contributed by atoms with Crippen molar-refractivity contribution in [3.05, 3.63) is 56.5 Å². The van der Waals surface area contributed by atoms with Crippen molar-refractivity contribution in [1.29, 1.82) is 5.41 Å². The number of rotatable bonds is 4. The van der Waals surface area contributed by atoms with Crippen LogP contribution in [-0.2, 0) is 0 Å². The van der Waals surface area contributed by atoms with E-state index in [1.807, 2.05) is 0 Å². The Morgan fingerprint density at radius 2 is 1.96 bits per heavy atom. The Bertz CT molecular complexity index is 743. The van der Waals surface area contributed by atoms with Gasteiger partial charge in [0.05, 0.1) is 4.47 Å². The predicted octanol–water partition coefficient (Wildman–Crippen LogP) is 4.30. The van der Waals surface area contributed by atoms with Gasteiger partial charge in [-0.2, -0.15) is 8.78 Å². The van der Waals surface area contributed by atoms with Gasteiger partial charge in [-0.3, -0.25) is 4.79 Å². The monoisotopic (exact) mass is 464 g/mol. The van der Waals surface area contributed by atoms with Gasteiger partial charge < -0.3 is 21.0 Å². The van der Waals surface area contributed by atoms with Gasteiger partial charge >= 0.3 is 6.61 Å². The zero-order chi connectivity index (χ0) is 18.3. The minimum absolute atomic E-state index is 0.0775. The maximum Gasteiger partial charge on any atom is 0.387 e. The lowest BCUT2D eigenvalue weighted by Gasteiger charge is -2.04. The zero-order valence-electron chi connectivity index (χ0n) is 12.0. The summed E-state index contributed by atoms with van der Waals surface area (Å²) in [6, 6.07) is 8.71. The van der Waals surface area contributed by atoms with Crippen LogP contribution in [0.1, 0.15) is 15.9 Å². The molecule has 4 N–H and O–H groups in total. The molecule has 0 saturated carbocycles. The zero-order valence-corrected chi connectivity index (χ0v) is 15.1. The molecule has 0 aliphatic rings. The Balaban J connectivity index is 0.000000243. The number of nitrogens with two attached hydrogens (primary N) is 1. The van der Waals surface area contributed by atoms with Crippen molar-refractivity contribution in [3.8, 4) is 11.5 Å². The molecule has 9 heteroatoms. The van der Waals surface area contributed by atoms with E-state index in [1.54, 1.807) is 12.1 Å². The van der Waals surface area contributed by atoms with Gasteiger partial charge in [0.15, 0.2) is 0 Å². The van der Waals surface area contributed by atoms with Crippen molar-refractivity contribution in [2.75, 3.05) is 0 Å². The fourth-order valence-corrected chi connectivity index (χ4v) is 2.78. The summed E-state index contributed by atoms with van der Waals surface area (Å²) in [6.07, 6.45) is 1.10. The van der Waals surface area contributed by atoms with Gasteiger partial charge in [0.2, 0.25) is 5.91 Å². The number of carbonyl (C=O) groups excluding carboxylic acids is 1. The number of nitrogens with one attached hydrogen (secondary N) is 1. The van der Waals surface area contributed by atoms with E-state index in [0.29, 0.717) is 10.0 Å². The highest BCUT2D eigenvalue weighted by molar-refractivity contribution is 9.11. The molecule has 0 saturated heterocycles. The van der Waals surface area contributed by atoms with Crippen molar-refractivity contribution in [3.63, 3.8) is 0 Å². The van der Waals surface area contributed by atoms with Crippen molar-refractivity contribution in [1.82, 2.24) is 0 Å². The van der Waals surface area contributed by atoms with Gasteiger partial charge in [-0.05, 0) is 46.3 Å². The highest BCUT2D eigenvalue weighted by Crippen LogP contribution is 2.30. The van der Waals surface area contributed by atoms with Crippen LogP contribution < -0.4 is 10.5 Å². The van der Waals surface area contributed by atoms with Crippen LogP contribution in [0.2, 0.25) is 0 Å². The number of hydrogen-bond donors (Lipinski definition) is 3. The lowest BCUT2D eigenvalue weighted by molar-refractivity contribution is -0.0498. The lowest BCUT2D eigenvalue weighted by Crippen LogP contribution is -2.11. The predicted molar refractivity (Wildman–Crippen MR) is 93.0 cm³/mol. The number of carbonyl (C=O) groups is 1. The molecule has 24 heavy (non-hydrogen) atoms. The highest BCUT2D eigenvalue weighted by Gasteiger charge is 2.06. The Morgan fingerprint density at radius 3 is 2.50 bits per heavy atom. The normalized spacial score (nSPS) is 9.88. The topological polar surface area (TPSA) is 96.4 Å². The number of phenolic OH excluding ortho intramolecular Hbond substituents is 1. The van der Waals surface area contributed by atoms with Gasteiger partial charge in [0.25, 0.3) is 0 Å². The number of alkyl halides is 2. The minimum Gasteiger partial charge on any atom is -0.506 e. The van der Waals surface area contributed by atoms with E-state index in [0.717, 1.165) is 16.8 Å². The standard InChI is InChI=1S/C8H7F2NO2.C7H5Br2NO/c9-8(10)13-6-3-1-2-5(4-6)7(11)12;8-5-1-4(3-10)7(11)6(9)2-5/h1-4,8H,(H2,11,12);1-3,10-11H. The first-order valence-corrected chi connectivity index (χ1v) is 7.86. The van der Waals surface area contributed by atoms with Gasteiger partial charge in [-0.1, -0.05) is 22.0 Å². The molecule has 2 aromatic carbocycles. The number of hydrogen-bond acceptors (Lipinski definition) is 4. The van der Waals surface area contributed by atoms with Crippen molar-refractivity contribution in [2.45, 2.75) is 6.61 Å². The maximum atomic E-state index is 11.7. The summed E-state index contributed by atoms with van der Waals surface area (Å²) < 4.78 is 28.9. The Morgan fingerprint density at radius 1 is 1.29 bits per heavy atom. The number of amides is 1. The first-order valence-electron chi connectivity index (χ1n) is 6.27. The number of primary amides is 1. The summed E-state index contributed by atoms with van der Waals surface area (Å²) in [5.74, 6) is -0.658. The molecule has 0 aromatic heterocycles. The molecule has 0 aliphatic heterocycles. The van der Waals surface area contributed by atoms with E-state index < -0.39 is 12.5 Å². The second-order valence-corrected chi connectivity index (χ2v) is 6.01. The quantitative estimate of drug-likeness (QED) is 0.587. The second kappa shape index (κ2) is 9.33. The first kappa shape index (κ1) is 20.0. The van der Waals surface area contributed by atoms with Crippen LogP contribution in [0.4, 0.5) is 8.78 Å². The molecule has 0 radical (unpaired) electrons. The third-order valence-electron chi connectivity index (χ3n) is 2.56. The molecule has 0 aliphatic carbocycles. The molecule has 0 heterocycles. The van der Waals surface area contributed by atoms with Crippen LogP contribution in [0.15, 0.2) is 45.3 Å². The van der Waals surface area contributed by atoms with Crippen LogP contribution in [-0.4, -0.2) is 23.8 Å². The third-order valence-corrected chi connectivity index (χ3v) is 3.62. The van der Waals surface area contributed by atoms with Gasteiger partial charge in [-0.25, -0.2) is 0 Å². The van der Waals surface area contributed by atoms with Crippen molar-refractivity contribution < 1.29 is 23.4 Å². The van der Waals surface area contributed by atoms with E-state index in [1.165, 1.54) is 18.2 Å². The van der Waals surface area contributed by atoms with Crippen LogP contribution >= 0.6 is 31.9 Å². The minimum atomic E-state index is -2.90. The largest absolute Gasteiger partial charge is 0.506 e. The second-order valence-electron chi connectivity index (χ2n) is 4.24. The number of benzene rings is 2. The number of ether oxygens (including phenoxy) is 1. The smallest absolute Gasteiger partial charge is 0.387 e. The van der Waals surface area contributed by atoms with Crippen LogP contribution in [0.25, 0.3) is 0 Å². The number of phenols is 1. The summed E-state index contributed by atoms with van der Waals surface area (Å²) in [6.45, 7) is -2.90. The summed E-state index contributed by atoms with van der Waals surface area (Å²) in [5.41, 5.74) is 5.56. The fraction of sp³-hybridized carbons (Fsp3) is 0.0667. The Labute approximate surface area is 153 Å². The summed E-state index contributed by atoms with van der Waals surface area (Å²) in [7, 11) is 0. The van der Waals surface area contributed by atoms with Gasteiger partial charge in [0, 0.05) is 21.8 Å². The van der Waals surface area contributed by atoms with Gasteiger partial charge in [-0.15, -0.1) is 0 Å². The molecule has 0 atom stereocenters. The number of aromatic hydroxyl groups is 1. The van der Waals surface area contributed by atoms with Crippen LogP contribution in [0.3, 0.4) is 0 Å². The Hall–Kier alpha value is -2.00. The molecule has 5 nitrogen and oxygen atoms in total. The molecular weight excluding hydrogens is 454 g/mol. The van der Waals surface area contributed by atoms with E-state index in [4.69, 9.17) is 11.1 Å². The van der Waals surface area contributed by atoms with Crippen molar-refractivity contribution >= 4 is 44.0 Å². The maximum absolute atomic E-state index is 11.7. The molecule has 128 valence electrons. The van der Waals surface area contributed by atoms with Crippen LogP contribution in [0, 0.1) is 5.41 Å². The molecule has 2 aromatic rings. The summed E-state index contributed by atoms with van der Waals surface area (Å²) in [4.78, 5) is 10.6. The first-order chi connectivity index (χ1) is 11.2. The van der Waals surface area contributed by atoms with E-state index in [9.17, 15) is 18.7 Å². The molecule has 0 bridgehead atoms. The summed E-state index contributed by atoms with van der Waals surface area (Å²) >= 11 is 6.40. The molecule has 0 fully saturated rings. The third kappa shape index (κ3) is 6.25. The fourth-order valence-electron chi connectivity index (χ4n) is 1.52. The average Bonchev–Trinajstić information content (AvgIpc) is 2.51. The average molecular weight is 466 g/mol. The Kier molecular flexibility index (Phi) is 7.80. The molecule has 0 unspecified atom stereocenters. The highest BCUT2D eigenvalue weighted by atomic mass is 79.9.